The number of aryl methyl sites for hydroxylation is 1. The number of anilines is 1. The summed E-state index contributed by atoms with van der Waals surface area (Å²) in [6.45, 7) is 0. The molecule has 0 bridgehead atoms. The van der Waals surface area contributed by atoms with Crippen LogP contribution in [0.3, 0.4) is 0 Å². The molecule has 94 valence electrons. The third-order valence-electron chi connectivity index (χ3n) is 2.38. The molecule has 2 aromatic rings. The summed E-state index contributed by atoms with van der Waals surface area (Å²) >= 11 is 13.8. The van der Waals surface area contributed by atoms with E-state index in [1.165, 1.54) is 0 Å². The Hall–Kier alpha value is -0.720. The van der Waals surface area contributed by atoms with Crippen LogP contribution in [-0.4, -0.2) is 10.5 Å². The molecular weight excluding hydrogens is 386 g/mol. The van der Waals surface area contributed by atoms with Gasteiger partial charge in [-0.15, -0.1) is 0 Å². The first-order chi connectivity index (χ1) is 8.47. The van der Waals surface area contributed by atoms with E-state index in [4.69, 9.17) is 23.2 Å². The van der Waals surface area contributed by atoms with Gasteiger partial charge in [-0.1, -0.05) is 23.2 Å². The van der Waals surface area contributed by atoms with E-state index in [9.17, 15) is 4.79 Å². The van der Waals surface area contributed by atoms with Crippen molar-refractivity contribution >= 4 is 57.4 Å². The van der Waals surface area contributed by atoms with Crippen LogP contribution in [0.25, 0.3) is 0 Å². The van der Waals surface area contributed by atoms with Crippen LogP contribution in [-0.2, 0) is 7.05 Å². The van der Waals surface area contributed by atoms with Crippen molar-refractivity contribution in [1.29, 1.82) is 0 Å². The zero-order valence-electron chi connectivity index (χ0n) is 9.38. The van der Waals surface area contributed by atoms with E-state index in [1.807, 2.05) is 0 Å². The lowest BCUT2D eigenvalue weighted by Crippen LogP contribution is -2.15. The molecule has 2 rings (SSSR count). The normalized spacial score (nSPS) is 10.4. The summed E-state index contributed by atoms with van der Waals surface area (Å²) in [6.07, 6.45) is 1.68. The number of carbonyl (C=O) groups excluding carboxylic acids is 1. The highest BCUT2D eigenvalue weighted by atomic mass is 127. The number of halogens is 3. The van der Waals surface area contributed by atoms with Gasteiger partial charge in [-0.25, -0.2) is 0 Å². The van der Waals surface area contributed by atoms with Crippen LogP contribution in [0.4, 0.5) is 5.69 Å². The van der Waals surface area contributed by atoms with E-state index in [0.717, 1.165) is 9.26 Å². The molecule has 0 radical (unpaired) electrons. The summed E-state index contributed by atoms with van der Waals surface area (Å²) in [6, 6.07) is 6.92. The van der Waals surface area contributed by atoms with Gasteiger partial charge in [0, 0.05) is 21.8 Å². The quantitative estimate of drug-likeness (QED) is 0.761. The summed E-state index contributed by atoms with van der Waals surface area (Å²) in [5.74, 6) is -0.204. The molecule has 0 aliphatic heterocycles. The van der Waals surface area contributed by atoms with Crippen molar-refractivity contribution in [2.75, 3.05) is 5.32 Å². The molecule has 0 atom stereocenters. The average molecular weight is 395 g/mol. The van der Waals surface area contributed by atoms with Crippen molar-refractivity contribution in [3.05, 3.63) is 49.8 Å². The zero-order valence-corrected chi connectivity index (χ0v) is 13.0. The predicted octanol–water partition coefficient (Wildman–Crippen LogP) is 4.19. The maximum absolute atomic E-state index is 12.1. The molecule has 1 heterocycles. The first-order valence-corrected chi connectivity index (χ1v) is 6.89. The first-order valence-electron chi connectivity index (χ1n) is 5.05. The Kier molecular flexibility index (Phi) is 4.19. The minimum Gasteiger partial charge on any atom is -0.345 e. The van der Waals surface area contributed by atoms with E-state index < -0.39 is 0 Å². The number of nitrogens with one attached hydrogen (secondary N) is 1. The largest absolute Gasteiger partial charge is 0.345 e. The van der Waals surface area contributed by atoms with Gasteiger partial charge in [-0.2, -0.15) is 0 Å². The van der Waals surface area contributed by atoms with Crippen molar-refractivity contribution in [3.63, 3.8) is 0 Å². The van der Waals surface area contributed by atoms with E-state index in [0.29, 0.717) is 15.7 Å². The van der Waals surface area contributed by atoms with Crippen molar-refractivity contribution < 1.29 is 4.79 Å². The van der Waals surface area contributed by atoms with Gasteiger partial charge in [0.2, 0.25) is 0 Å². The molecule has 1 N–H and O–H groups in total. The number of carbonyl (C=O) groups is 1. The van der Waals surface area contributed by atoms with E-state index >= 15 is 0 Å². The molecule has 0 saturated heterocycles. The number of benzene rings is 1. The minimum atomic E-state index is -0.204. The fourth-order valence-electron chi connectivity index (χ4n) is 1.53. The maximum Gasteiger partial charge on any atom is 0.272 e. The highest BCUT2D eigenvalue weighted by molar-refractivity contribution is 14.1. The second-order valence-electron chi connectivity index (χ2n) is 3.73. The monoisotopic (exact) mass is 394 g/mol. The lowest BCUT2D eigenvalue weighted by molar-refractivity contribution is 0.101. The van der Waals surface area contributed by atoms with Crippen LogP contribution < -0.4 is 5.32 Å². The highest BCUT2D eigenvalue weighted by Crippen LogP contribution is 2.23. The molecule has 6 heteroatoms. The molecule has 0 aliphatic carbocycles. The van der Waals surface area contributed by atoms with Crippen LogP contribution in [0.5, 0.6) is 0 Å². The van der Waals surface area contributed by atoms with Gasteiger partial charge in [-0.3, -0.25) is 4.79 Å². The molecule has 0 unspecified atom stereocenters. The molecular formula is C12H9Cl2IN2O. The Balaban J connectivity index is 2.24. The molecule has 18 heavy (non-hydrogen) atoms. The van der Waals surface area contributed by atoms with Gasteiger partial charge in [-0.05, 0) is 46.9 Å². The second-order valence-corrected chi connectivity index (χ2v) is 5.77. The van der Waals surface area contributed by atoms with E-state index in [1.54, 1.807) is 42.1 Å². The molecule has 1 amide bonds. The van der Waals surface area contributed by atoms with Crippen molar-refractivity contribution in [1.82, 2.24) is 4.57 Å². The number of amides is 1. The summed E-state index contributed by atoms with van der Waals surface area (Å²) in [4.78, 5) is 12.1. The topological polar surface area (TPSA) is 34.0 Å². The number of hydrogen-bond donors (Lipinski definition) is 1. The van der Waals surface area contributed by atoms with Gasteiger partial charge >= 0.3 is 0 Å². The summed E-state index contributed by atoms with van der Waals surface area (Å²) in [7, 11) is 1.77. The Morgan fingerprint density at radius 1 is 1.28 bits per heavy atom. The smallest absolute Gasteiger partial charge is 0.272 e. The van der Waals surface area contributed by atoms with Crippen molar-refractivity contribution in [3.8, 4) is 0 Å². The highest BCUT2D eigenvalue weighted by Gasteiger charge is 2.12. The van der Waals surface area contributed by atoms with Crippen LogP contribution in [0.15, 0.2) is 30.5 Å². The minimum absolute atomic E-state index is 0.204. The number of hydrogen-bond acceptors (Lipinski definition) is 1. The lowest BCUT2D eigenvalue weighted by Gasteiger charge is -2.08. The van der Waals surface area contributed by atoms with Crippen LogP contribution >= 0.6 is 45.8 Å². The average Bonchev–Trinajstić information content (AvgIpc) is 2.62. The Bertz CT molecular complexity index is 610. The van der Waals surface area contributed by atoms with Crippen LogP contribution in [0.2, 0.25) is 10.0 Å². The van der Waals surface area contributed by atoms with Crippen molar-refractivity contribution in [2.24, 2.45) is 7.05 Å². The van der Waals surface area contributed by atoms with Crippen LogP contribution in [0.1, 0.15) is 10.5 Å². The third-order valence-corrected chi connectivity index (χ3v) is 3.72. The molecule has 0 spiro atoms. The number of nitrogens with zero attached hydrogens (tertiary/aromatic N) is 1. The third kappa shape index (κ3) is 2.99. The standard InChI is InChI=1S/C12H9Cl2IN2O/c1-17-6-8(14)5-11(17)12(18)16-10-3-2-7(13)4-9(10)15/h2-6H,1H3,(H,16,18). The van der Waals surface area contributed by atoms with Gasteiger partial charge in [0.05, 0.1) is 10.7 Å². The molecule has 1 aromatic heterocycles. The maximum atomic E-state index is 12.1. The van der Waals surface area contributed by atoms with E-state index in [-0.39, 0.29) is 5.91 Å². The molecule has 3 nitrogen and oxygen atoms in total. The Morgan fingerprint density at radius 3 is 2.56 bits per heavy atom. The Labute approximate surface area is 128 Å². The SMILES string of the molecule is Cn1cc(Cl)cc1C(=O)Nc1ccc(Cl)cc1I. The van der Waals surface area contributed by atoms with Gasteiger partial charge in [0.1, 0.15) is 5.69 Å². The van der Waals surface area contributed by atoms with Gasteiger partial charge < -0.3 is 9.88 Å². The predicted molar refractivity (Wildman–Crippen MR) is 82.5 cm³/mol. The summed E-state index contributed by atoms with van der Waals surface area (Å²) < 4.78 is 2.56. The molecule has 0 aliphatic rings. The summed E-state index contributed by atoms with van der Waals surface area (Å²) in [5, 5.41) is 4.00. The van der Waals surface area contributed by atoms with Crippen LogP contribution in [0, 0.1) is 3.57 Å². The zero-order chi connectivity index (χ0) is 13.3. The van der Waals surface area contributed by atoms with E-state index in [2.05, 4.69) is 27.9 Å². The fraction of sp³-hybridized carbons (Fsp3) is 0.0833. The van der Waals surface area contributed by atoms with Gasteiger partial charge in [0.15, 0.2) is 0 Å². The number of rotatable bonds is 2. The molecule has 0 saturated carbocycles. The number of aromatic nitrogens is 1. The Morgan fingerprint density at radius 2 is 2.00 bits per heavy atom. The van der Waals surface area contributed by atoms with Crippen molar-refractivity contribution in [2.45, 2.75) is 0 Å². The fourth-order valence-corrected chi connectivity index (χ4v) is 2.78. The molecule has 0 fully saturated rings. The second kappa shape index (κ2) is 5.50. The first kappa shape index (κ1) is 13.7. The summed E-state index contributed by atoms with van der Waals surface area (Å²) in [5.41, 5.74) is 1.23. The molecule has 1 aromatic carbocycles. The van der Waals surface area contributed by atoms with Gasteiger partial charge in [0.25, 0.3) is 5.91 Å². The lowest BCUT2D eigenvalue weighted by atomic mass is 10.3.